The molecule has 5 nitrogen and oxygen atoms in total. The lowest BCUT2D eigenvalue weighted by Gasteiger charge is -1.97. The number of hydrogen-bond acceptors (Lipinski definition) is 5. The highest BCUT2D eigenvalue weighted by Gasteiger charge is 2.13. The van der Waals surface area contributed by atoms with Gasteiger partial charge in [0.15, 0.2) is 5.82 Å². The van der Waals surface area contributed by atoms with Crippen molar-refractivity contribution in [2.45, 2.75) is 0 Å². The van der Waals surface area contributed by atoms with Crippen molar-refractivity contribution in [3.8, 4) is 0 Å². The maximum atomic E-state index is 4.10. The predicted octanol–water partition coefficient (Wildman–Crippen LogP) is 1.30. The van der Waals surface area contributed by atoms with Gasteiger partial charge in [0.25, 0.3) is 0 Å². The zero-order chi connectivity index (χ0) is 10.8. The molecule has 1 aromatic carbocycles. The average Bonchev–Trinajstić information content (AvgIpc) is 2.74. The molecule has 0 spiro atoms. The summed E-state index contributed by atoms with van der Waals surface area (Å²) < 4.78 is 0. The maximum Gasteiger partial charge on any atom is 0.176 e. The first-order valence-corrected chi connectivity index (χ1v) is 4.90. The summed E-state index contributed by atoms with van der Waals surface area (Å²) in [4.78, 5) is 4.10. The lowest BCUT2D eigenvalue weighted by atomic mass is 10.1. The monoisotopic (exact) mass is 211 g/mol. The van der Waals surface area contributed by atoms with Crippen LogP contribution in [0, 0.1) is 0 Å². The molecule has 5 heteroatoms. The molecule has 2 N–H and O–H groups in total. The molecule has 0 atom stereocenters. The molecule has 16 heavy (non-hydrogen) atoms. The number of anilines is 1. The minimum absolute atomic E-state index is 0.587. The third-order valence-corrected chi connectivity index (χ3v) is 2.32. The molecule has 0 saturated heterocycles. The molecular weight excluding hydrogens is 202 g/mol. The number of benzene rings is 1. The van der Waals surface area contributed by atoms with E-state index in [1.54, 1.807) is 12.4 Å². The molecule has 0 saturated carbocycles. The Bertz CT molecular complexity index is 535. The van der Waals surface area contributed by atoms with Gasteiger partial charge in [-0.3, -0.25) is 0 Å². The predicted molar refractivity (Wildman–Crippen MR) is 60.9 cm³/mol. The summed E-state index contributed by atoms with van der Waals surface area (Å²) in [6.07, 6.45) is 5.02. The molecule has 0 amide bonds. The van der Waals surface area contributed by atoms with Crippen LogP contribution in [0.4, 0.5) is 5.69 Å². The summed E-state index contributed by atoms with van der Waals surface area (Å²) in [6.45, 7) is 0. The van der Waals surface area contributed by atoms with Crippen LogP contribution in [-0.2, 0) is 0 Å². The van der Waals surface area contributed by atoms with Crippen molar-refractivity contribution in [3.05, 3.63) is 48.0 Å². The van der Waals surface area contributed by atoms with Crippen molar-refractivity contribution in [2.75, 3.05) is 5.43 Å². The molecule has 78 valence electrons. The van der Waals surface area contributed by atoms with E-state index in [-0.39, 0.29) is 0 Å². The van der Waals surface area contributed by atoms with E-state index in [0.29, 0.717) is 5.82 Å². The third kappa shape index (κ3) is 1.48. The zero-order valence-electron chi connectivity index (χ0n) is 8.38. The zero-order valence-corrected chi connectivity index (χ0v) is 8.38. The van der Waals surface area contributed by atoms with E-state index in [4.69, 9.17) is 0 Å². The fourth-order valence-corrected chi connectivity index (χ4v) is 1.60. The van der Waals surface area contributed by atoms with E-state index in [0.717, 1.165) is 16.9 Å². The molecule has 1 aliphatic rings. The summed E-state index contributed by atoms with van der Waals surface area (Å²) in [5.74, 6) is 0.587. The highest BCUT2D eigenvalue weighted by atomic mass is 15.4. The highest BCUT2D eigenvalue weighted by molar-refractivity contribution is 5.88. The summed E-state index contributed by atoms with van der Waals surface area (Å²) in [7, 11) is 0. The van der Waals surface area contributed by atoms with Crippen LogP contribution < -0.4 is 10.9 Å². The van der Waals surface area contributed by atoms with Gasteiger partial charge < -0.3 is 10.9 Å². The van der Waals surface area contributed by atoms with Gasteiger partial charge >= 0.3 is 0 Å². The minimum atomic E-state index is 0.587. The average molecular weight is 211 g/mol. The van der Waals surface area contributed by atoms with Crippen LogP contribution >= 0.6 is 0 Å². The van der Waals surface area contributed by atoms with Crippen molar-refractivity contribution in [2.24, 2.45) is 0 Å². The third-order valence-electron chi connectivity index (χ3n) is 2.32. The molecule has 0 radical (unpaired) electrons. The number of nitrogens with zero attached hydrogens (tertiary/aromatic N) is 3. The number of hydrogen-bond donors (Lipinski definition) is 2. The fraction of sp³-hybridized carbons (Fsp3) is 0. The van der Waals surface area contributed by atoms with Gasteiger partial charge in [-0.15, -0.1) is 5.10 Å². The lowest BCUT2D eigenvalue weighted by Crippen LogP contribution is -2.10. The summed E-state index contributed by atoms with van der Waals surface area (Å²) >= 11 is 0. The van der Waals surface area contributed by atoms with Crippen molar-refractivity contribution >= 4 is 17.5 Å². The highest BCUT2D eigenvalue weighted by Crippen LogP contribution is 2.27. The second-order valence-electron chi connectivity index (χ2n) is 3.35. The number of para-hydroxylation sites is 1. The molecule has 2 aromatic rings. The van der Waals surface area contributed by atoms with E-state index in [9.17, 15) is 0 Å². The van der Waals surface area contributed by atoms with Gasteiger partial charge in [0, 0.05) is 17.8 Å². The minimum Gasteiger partial charge on any atom is -0.300 e. The smallest absolute Gasteiger partial charge is 0.176 e. The molecule has 1 aliphatic heterocycles. The van der Waals surface area contributed by atoms with Crippen LogP contribution in [0.3, 0.4) is 0 Å². The molecule has 0 aliphatic carbocycles. The van der Waals surface area contributed by atoms with E-state index in [1.807, 2.05) is 30.3 Å². The summed E-state index contributed by atoms with van der Waals surface area (Å²) in [5.41, 5.74) is 9.26. The molecule has 0 fully saturated rings. The van der Waals surface area contributed by atoms with Crippen LogP contribution in [0.15, 0.2) is 36.7 Å². The van der Waals surface area contributed by atoms with E-state index >= 15 is 0 Å². The molecule has 3 rings (SSSR count). The van der Waals surface area contributed by atoms with Crippen LogP contribution in [0.2, 0.25) is 0 Å². The first-order valence-electron chi connectivity index (χ1n) is 4.90. The second kappa shape index (κ2) is 3.62. The summed E-state index contributed by atoms with van der Waals surface area (Å²) in [6, 6.07) is 8.01. The van der Waals surface area contributed by atoms with Crippen molar-refractivity contribution in [3.63, 3.8) is 0 Å². The van der Waals surface area contributed by atoms with Gasteiger partial charge in [-0.05, 0) is 6.07 Å². The number of hydrazine groups is 1. The van der Waals surface area contributed by atoms with Gasteiger partial charge in [0.1, 0.15) is 0 Å². The number of nitrogens with one attached hydrogen (secondary N) is 2. The number of aromatic nitrogens is 3. The van der Waals surface area contributed by atoms with Crippen molar-refractivity contribution < 1.29 is 0 Å². The van der Waals surface area contributed by atoms with E-state index in [2.05, 4.69) is 26.0 Å². The Morgan fingerprint density at radius 3 is 2.88 bits per heavy atom. The Morgan fingerprint density at radius 1 is 1.06 bits per heavy atom. The quantitative estimate of drug-likeness (QED) is 0.744. The van der Waals surface area contributed by atoms with Gasteiger partial charge in [0.05, 0.1) is 17.6 Å². The van der Waals surface area contributed by atoms with Crippen LogP contribution in [-0.4, -0.2) is 15.2 Å². The summed E-state index contributed by atoms with van der Waals surface area (Å²) in [5, 5.41) is 7.69. The largest absolute Gasteiger partial charge is 0.300 e. The molecule has 0 unspecified atom stereocenters. The first-order chi connectivity index (χ1) is 7.93. The van der Waals surface area contributed by atoms with Crippen LogP contribution in [0.1, 0.15) is 11.4 Å². The Labute approximate surface area is 92.2 Å². The van der Waals surface area contributed by atoms with Crippen LogP contribution in [0.5, 0.6) is 0 Å². The first kappa shape index (κ1) is 8.84. The van der Waals surface area contributed by atoms with Gasteiger partial charge in [-0.2, -0.15) is 5.10 Å². The molecule has 0 bridgehead atoms. The molecule has 2 heterocycles. The number of fused-ring (bicyclic) bond motifs is 1. The van der Waals surface area contributed by atoms with Gasteiger partial charge in [0.2, 0.25) is 0 Å². The van der Waals surface area contributed by atoms with Crippen molar-refractivity contribution in [1.82, 2.24) is 20.6 Å². The van der Waals surface area contributed by atoms with Crippen molar-refractivity contribution in [1.29, 1.82) is 0 Å². The topological polar surface area (TPSA) is 62.7 Å². The Kier molecular flexibility index (Phi) is 2.00. The van der Waals surface area contributed by atoms with Crippen LogP contribution in [0.25, 0.3) is 11.8 Å². The standard InChI is InChI=1S/C11H9N5/c1-2-4-9-8(3-1)10(15-14-9)7-11-12-5-6-13-16-11/h1-7,14-15H. The normalized spacial score (nSPS) is 15.4. The SMILES string of the molecule is C(=C1NNc2ccccc21)c1nccnn1. The van der Waals surface area contributed by atoms with Gasteiger partial charge in [-0.1, -0.05) is 18.2 Å². The van der Waals surface area contributed by atoms with E-state index < -0.39 is 0 Å². The molecular formula is C11H9N5. The Morgan fingerprint density at radius 2 is 2.00 bits per heavy atom. The maximum absolute atomic E-state index is 4.10. The number of rotatable bonds is 1. The van der Waals surface area contributed by atoms with Gasteiger partial charge in [-0.25, -0.2) is 4.98 Å². The lowest BCUT2D eigenvalue weighted by molar-refractivity contribution is 0.950. The van der Waals surface area contributed by atoms with E-state index in [1.165, 1.54) is 0 Å². The Balaban J connectivity index is 2.02. The molecule has 1 aromatic heterocycles. The fourth-order valence-electron chi connectivity index (χ4n) is 1.60. The second-order valence-corrected chi connectivity index (χ2v) is 3.35. The Hall–Kier alpha value is -2.43.